The fourth-order valence-electron chi connectivity index (χ4n) is 2.53. The molecule has 0 aliphatic heterocycles. The number of benzene rings is 1. The number of aliphatic hydroxyl groups is 1. The predicted molar refractivity (Wildman–Crippen MR) is 69.9 cm³/mol. The maximum atomic E-state index is 12.3. The number of Topliss-reactive ketones (excluding diaryl/α,β-unsaturated/α-hetero) is 5. The summed E-state index contributed by atoms with van der Waals surface area (Å²) in [6.07, 6.45) is 0. The summed E-state index contributed by atoms with van der Waals surface area (Å²) in [4.78, 5) is 59.4. The minimum absolute atomic E-state index is 0.0624. The predicted octanol–water partition coefficient (Wildman–Crippen LogP) is 0.160. The van der Waals surface area contributed by atoms with Gasteiger partial charge in [0.25, 0.3) is 0 Å². The van der Waals surface area contributed by atoms with Crippen molar-refractivity contribution in [3.05, 3.63) is 35.4 Å². The fraction of sp³-hybridized carbons (Fsp3) is 0.267. The molecule has 108 valence electrons. The van der Waals surface area contributed by atoms with Crippen LogP contribution < -0.4 is 0 Å². The highest BCUT2D eigenvalue weighted by Gasteiger charge is 2.61. The van der Waals surface area contributed by atoms with Crippen molar-refractivity contribution < 1.29 is 29.1 Å². The smallest absolute Gasteiger partial charge is 0.212 e. The van der Waals surface area contributed by atoms with Gasteiger partial charge in [-0.2, -0.15) is 0 Å². The second-order valence-corrected chi connectivity index (χ2v) is 4.93. The molecular formula is C15H12O6. The van der Waals surface area contributed by atoms with Crippen LogP contribution in [0.5, 0.6) is 0 Å². The molecule has 1 aliphatic carbocycles. The zero-order valence-electron chi connectivity index (χ0n) is 11.4. The van der Waals surface area contributed by atoms with E-state index in [1.807, 2.05) is 0 Å². The molecule has 0 heterocycles. The Balaban J connectivity index is 2.64. The van der Waals surface area contributed by atoms with Crippen LogP contribution in [-0.2, 0) is 14.4 Å². The average molecular weight is 288 g/mol. The van der Waals surface area contributed by atoms with Gasteiger partial charge in [0.1, 0.15) is 11.7 Å². The molecule has 1 aromatic carbocycles. The lowest BCUT2D eigenvalue weighted by Crippen LogP contribution is -2.55. The molecule has 1 atom stereocenters. The zero-order chi connectivity index (χ0) is 15.9. The summed E-state index contributed by atoms with van der Waals surface area (Å²) in [5, 5.41) is 10.5. The van der Waals surface area contributed by atoms with Crippen LogP contribution >= 0.6 is 0 Å². The Morgan fingerprint density at radius 2 is 1.43 bits per heavy atom. The van der Waals surface area contributed by atoms with Crippen LogP contribution in [0.3, 0.4) is 0 Å². The lowest BCUT2D eigenvalue weighted by molar-refractivity contribution is -0.145. The van der Waals surface area contributed by atoms with E-state index >= 15 is 0 Å². The van der Waals surface area contributed by atoms with Crippen molar-refractivity contribution in [2.75, 3.05) is 0 Å². The number of fused-ring (bicyclic) bond motifs is 1. The third-order valence-corrected chi connectivity index (χ3v) is 3.54. The van der Waals surface area contributed by atoms with E-state index in [1.165, 1.54) is 24.3 Å². The molecule has 0 radical (unpaired) electrons. The van der Waals surface area contributed by atoms with E-state index in [2.05, 4.69) is 0 Å². The number of carbonyl (C=O) groups is 5. The molecule has 6 heteroatoms. The maximum absolute atomic E-state index is 12.3. The highest BCUT2D eigenvalue weighted by atomic mass is 16.3. The summed E-state index contributed by atoms with van der Waals surface area (Å²) in [6, 6.07) is 5.63. The minimum Gasteiger partial charge on any atom is -0.373 e. The van der Waals surface area contributed by atoms with Crippen LogP contribution in [0.1, 0.15) is 34.6 Å². The molecule has 0 aromatic heterocycles. The Labute approximate surface area is 119 Å². The molecule has 21 heavy (non-hydrogen) atoms. The van der Waals surface area contributed by atoms with E-state index in [9.17, 15) is 29.1 Å². The van der Waals surface area contributed by atoms with Gasteiger partial charge in [0.05, 0.1) is 0 Å². The Morgan fingerprint density at radius 3 is 1.76 bits per heavy atom. The number of ketones is 5. The van der Waals surface area contributed by atoms with Crippen molar-refractivity contribution in [1.82, 2.24) is 0 Å². The van der Waals surface area contributed by atoms with Crippen LogP contribution in [0.4, 0.5) is 0 Å². The van der Waals surface area contributed by atoms with E-state index in [0.29, 0.717) is 0 Å². The standard InChI is InChI=1S/C15H12O6/c1-7(16)11(12(18)8(2)17)15(21)13(19)9-5-3-4-6-10(9)14(15)20/h3-6,11,21H,1-2H3. The van der Waals surface area contributed by atoms with Crippen LogP contribution in [0.25, 0.3) is 0 Å². The Morgan fingerprint density at radius 1 is 1.00 bits per heavy atom. The monoisotopic (exact) mass is 288 g/mol. The average Bonchev–Trinajstić information content (AvgIpc) is 2.62. The van der Waals surface area contributed by atoms with Gasteiger partial charge in [-0.25, -0.2) is 0 Å². The summed E-state index contributed by atoms with van der Waals surface area (Å²) >= 11 is 0. The molecule has 1 aromatic rings. The molecule has 2 rings (SSSR count). The van der Waals surface area contributed by atoms with Gasteiger partial charge in [-0.1, -0.05) is 24.3 Å². The molecule has 0 saturated heterocycles. The van der Waals surface area contributed by atoms with E-state index in [0.717, 1.165) is 13.8 Å². The fourth-order valence-corrected chi connectivity index (χ4v) is 2.53. The van der Waals surface area contributed by atoms with Crippen LogP contribution in [-0.4, -0.2) is 39.6 Å². The Hall–Kier alpha value is -2.47. The summed E-state index contributed by atoms with van der Waals surface area (Å²) in [5.74, 6) is -7.23. The number of rotatable bonds is 4. The molecule has 1 N–H and O–H groups in total. The van der Waals surface area contributed by atoms with Crippen LogP contribution in [0.2, 0.25) is 0 Å². The lowest BCUT2D eigenvalue weighted by atomic mass is 9.77. The maximum Gasteiger partial charge on any atom is 0.212 e. The second kappa shape index (κ2) is 4.82. The largest absolute Gasteiger partial charge is 0.373 e. The first-order chi connectivity index (χ1) is 9.72. The van der Waals surface area contributed by atoms with Gasteiger partial charge in [0.15, 0.2) is 5.78 Å². The molecule has 1 aliphatic rings. The summed E-state index contributed by atoms with van der Waals surface area (Å²) in [7, 11) is 0. The summed E-state index contributed by atoms with van der Waals surface area (Å²) < 4.78 is 0. The van der Waals surface area contributed by atoms with E-state index in [4.69, 9.17) is 0 Å². The number of hydrogen-bond donors (Lipinski definition) is 1. The molecule has 6 nitrogen and oxygen atoms in total. The van der Waals surface area contributed by atoms with E-state index in [1.54, 1.807) is 0 Å². The minimum atomic E-state index is -2.84. The van der Waals surface area contributed by atoms with E-state index < -0.39 is 40.4 Å². The highest BCUT2D eigenvalue weighted by Crippen LogP contribution is 2.36. The van der Waals surface area contributed by atoms with Gasteiger partial charge < -0.3 is 5.11 Å². The van der Waals surface area contributed by atoms with Crippen molar-refractivity contribution in [3.8, 4) is 0 Å². The van der Waals surface area contributed by atoms with Crippen LogP contribution in [0.15, 0.2) is 24.3 Å². The van der Waals surface area contributed by atoms with Gasteiger partial charge in [0, 0.05) is 18.1 Å². The molecular weight excluding hydrogens is 276 g/mol. The van der Waals surface area contributed by atoms with Gasteiger partial charge in [-0.05, 0) is 6.92 Å². The second-order valence-electron chi connectivity index (χ2n) is 4.93. The quantitative estimate of drug-likeness (QED) is 0.625. The third kappa shape index (κ3) is 1.95. The first kappa shape index (κ1) is 14.9. The third-order valence-electron chi connectivity index (χ3n) is 3.54. The molecule has 0 bridgehead atoms. The number of carbonyl (C=O) groups excluding carboxylic acids is 5. The molecule has 0 fully saturated rings. The highest BCUT2D eigenvalue weighted by molar-refractivity contribution is 6.45. The van der Waals surface area contributed by atoms with Gasteiger partial charge in [-0.3, -0.25) is 24.0 Å². The first-order valence-electron chi connectivity index (χ1n) is 6.19. The van der Waals surface area contributed by atoms with Gasteiger partial charge in [0.2, 0.25) is 23.0 Å². The van der Waals surface area contributed by atoms with Crippen LogP contribution in [0, 0.1) is 5.92 Å². The molecule has 0 spiro atoms. The van der Waals surface area contributed by atoms with Crippen molar-refractivity contribution in [2.24, 2.45) is 5.92 Å². The van der Waals surface area contributed by atoms with Gasteiger partial charge in [-0.15, -0.1) is 0 Å². The van der Waals surface area contributed by atoms with Crippen molar-refractivity contribution in [3.63, 3.8) is 0 Å². The van der Waals surface area contributed by atoms with Crippen molar-refractivity contribution >= 4 is 28.9 Å². The normalized spacial score (nSPS) is 17.3. The molecule has 0 amide bonds. The Bertz CT molecular complexity index is 665. The zero-order valence-corrected chi connectivity index (χ0v) is 11.4. The summed E-state index contributed by atoms with van der Waals surface area (Å²) in [6.45, 7) is 1.87. The topological polar surface area (TPSA) is 106 Å². The first-order valence-corrected chi connectivity index (χ1v) is 6.19. The lowest BCUT2D eigenvalue weighted by Gasteiger charge is -2.25. The van der Waals surface area contributed by atoms with Crippen molar-refractivity contribution in [1.29, 1.82) is 0 Å². The van der Waals surface area contributed by atoms with E-state index in [-0.39, 0.29) is 11.1 Å². The summed E-state index contributed by atoms with van der Waals surface area (Å²) in [5.41, 5.74) is -2.96. The van der Waals surface area contributed by atoms with Crippen molar-refractivity contribution in [2.45, 2.75) is 19.4 Å². The molecule has 1 unspecified atom stereocenters. The van der Waals surface area contributed by atoms with Gasteiger partial charge >= 0.3 is 0 Å². The molecule has 0 saturated carbocycles. The Kier molecular flexibility index (Phi) is 3.43. The SMILES string of the molecule is CC(=O)C(=O)C(C(C)=O)C1(O)C(=O)c2ccccc2C1=O. The number of hydrogen-bond acceptors (Lipinski definition) is 6.